The molecule has 1 saturated heterocycles. The molecule has 1 aromatic rings. The van der Waals surface area contributed by atoms with E-state index in [2.05, 4.69) is 0 Å². The van der Waals surface area contributed by atoms with Gasteiger partial charge < -0.3 is 15.1 Å². The monoisotopic (exact) mass is 350 g/mol. The maximum absolute atomic E-state index is 13.3. The molecule has 7 nitrogen and oxygen atoms in total. The number of aliphatic carboxylic acids is 2. The minimum atomic E-state index is -1.32. The number of carbonyl (C=O) groups is 3. The number of hydrogen-bond acceptors (Lipinski definition) is 3. The zero-order chi connectivity index (χ0) is 18.2. The van der Waals surface area contributed by atoms with Gasteiger partial charge in [0.15, 0.2) is 0 Å². The van der Waals surface area contributed by atoms with Gasteiger partial charge in [-0.05, 0) is 43.0 Å². The van der Waals surface area contributed by atoms with Crippen molar-refractivity contribution in [2.45, 2.75) is 25.7 Å². The second kappa shape index (κ2) is 6.34. The first-order valence-electron chi connectivity index (χ1n) is 8.12. The molecule has 0 radical (unpaired) electrons. The summed E-state index contributed by atoms with van der Waals surface area (Å²) >= 11 is 0. The van der Waals surface area contributed by atoms with E-state index < -0.39 is 23.8 Å². The van der Waals surface area contributed by atoms with Gasteiger partial charge in [-0.25, -0.2) is 9.18 Å². The van der Waals surface area contributed by atoms with Crippen molar-refractivity contribution in [3.8, 4) is 0 Å². The van der Waals surface area contributed by atoms with Crippen LogP contribution in [0, 0.1) is 11.2 Å². The number of amides is 2. The van der Waals surface area contributed by atoms with E-state index in [4.69, 9.17) is 5.11 Å². The number of urea groups is 1. The predicted octanol–water partition coefficient (Wildman–Crippen LogP) is 1.95. The summed E-state index contributed by atoms with van der Waals surface area (Å²) < 4.78 is 13.3. The van der Waals surface area contributed by atoms with Crippen LogP contribution in [0.15, 0.2) is 18.2 Å². The van der Waals surface area contributed by atoms with Crippen LogP contribution in [0.5, 0.6) is 0 Å². The van der Waals surface area contributed by atoms with Crippen molar-refractivity contribution < 1.29 is 29.0 Å². The van der Waals surface area contributed by atoms with Crippen molar-refractivity contribution in [3.05, 3.63) is 29.6 Å². The maximum Gasteiger partial charge on any atom is 0.324 e. The standard InChI is InChI=1S/C17H19FN2O5/c18-12-1-2-13-11(9-12)3-6-20(13)16(25)19-7-4-17(5-8-19,15(23)24)10-14(21)22/h1-2,9H,3-8,10H2,(H,21,22)(H,23,24). The molecule has 134 valence electrons. The van der Waals surface area contributed by atoms with E-state index in [1.165, 1.54) is 12.1 Å². The molecule has 2 aliphatic rings. The summed E-state index contributed by atoms with van der Waals surface area (Å²) in [5, 5.41) is 18.4. The number of fused-ring (bicyclic) bond motifs is 1. The average Bonchev–Trinajstić information content (AvgIpc) is 2.97. The molecular formula is C17H19FN2O5. The molecule has 0 spiro atoms. The number of halogens is 1. The zero-order valence-electron chi connectivity index (χ0n) is 13.6. The Morgan fingerprint density at radius 2 is 1.80 bits per heavy atom. The Morgan fingerprint density at radius 1 is 1.12 bits per heavy atom. The Hall–Kier alpha value is -2.64. The van der Waals surface area contributed by atoms with E-state index in [0.29, 0.717) is 18.7 Å². The van der Waals surface area contributed by atoms with Gasteiger partial charge in [0.1, 0.15) is 5.82 Å². The van der Waals surface area contributed by atoms with Gasteiger partial charge in [0, 0.05) is 25.3 Å². The van der Waals surface area contributed by atoms with Gasteiger partial charge in [-0.2, -0.15) is 0 Å². The Labute approximate surface area is 143 Å². The highest BCUT2D eigenvalue weighted by Crippen LogP contribution is 2.37. The van der Waals surface area contributed by atoms with Gasteiger partial charge in [0.2, 0.25) is 0 Å². The van der Waals surface area contributed by atoms with Gasteiger partial charge in [-0.15, -0.1) is 0 Å². The largest absolute Gasteiger partial charge is 0.481 e. The number of rotatable bonds is 3. The third-order valence-electron chi connectivity index (χ3n) is 5.10. The summed E-state index contributed by atoms with van der Waals surface area (Å²) in [6, 6.07) is 4.05. The van der Waals surface area contributed by atoms with Crippen LogP contribution >= 0.6 is 0 Å². The maximum atomic E-state index is 13.3. The molecular weight excluding hydrogens is 331 g/mol. The van der Waals surface area contributed by atoms with Gasteiger partial charge in [-0.1, -0.05) is 0 Å². The molecule has 2 aliphatic heterocycles. The number of nitrogens with zero attached hydrogens (tertiary/aromatic N) is 2. The van der Waals surface area contributed by atoms with Crippen molar-refractivity contribution in [1.82, 2.24) is 4.90 Å². The smallest absolute Gasteiger partial charge is 0.324 e. The minimum Gasteiger partial charge on any atom is -0.481 e. The number of anilines is 1. The average molecular weight is 350 g/mol. The lowest BCUT2D eigenvalue weighted by Crippen LogP contribution is -2.51. The topological polar surface area (TPSA) is 98.1 Å². The van der Waals surface area contributed by atoms with Crippen molar-refractivity contribution in [3.63, 3.8) is 0 Å². The van der Waals surface area contributed by atoms with E-state index in [1.807, 2.05) is 0 Å². The molecule has 0 bridgehead atoms. The summed E-state index contributed by atoms with van der Waals surface area (Å²) in [6.45, 7) is 0.824. The molecule has 0 saturated carbocycles. The second-order valence-corrected chi connectivity index (χ2v) is 6.60. The molecule has 1 fully saturated rings. The van der Waals surface area contributed by atoms with E-state index in [9.17, 15) is 23.9 Å². The summed E-state index contributed by atoms with van der Waals surface area (Å²) in [4.78, 5) is 38.4. The molecule has 2 amide bonds. The highest BCUT2D eigenvalue weighted by atomic mass is 19.1. The number of likely N-dealkylation sites (tertiary alicyclic amines) is 1. The quantitative estimate of drug-likeness (QED) is 0.868. The van der Waals surface area contributed by atoms with Gasteiger partial charge >= 0.3 is 18.0 Å². The lowest BCUT2D eigenvalue weighted by Gasteiger charge is -2.39. The Morgan fingerprint density at radius 3 is 2.40 bits per heavy atom. The van der Waals surface area contributed by atoms with E-state index >= 15 is 0 Å². The van der Waals surface area contributed by atoms with E-state index in [0.717, 1.165) is 5.56 Å². The minimum absolute atomic E-state index is 0.102. The first-order chi connectivity index (χ1) is 11.8. The summed E-state index contributed by atoms with van der Waals surface area (Å²) in [5.41, 5.74) is 0.123. The van der Waals surface area contributed by atoms with Crippen LogP contribution in [0.4, 0.5) is 14.9 Å². The van der Waals surface area contributed by atoms with Crippen molar-refractivity contribution in [1.29, 1.82) is 0 Å². The summed E-state index contributed by atoms with van der Waals surface area (Å²) in [7, 11) is 0. The molecule has 0 aliphatic carbocycles. The van der Waals surface area contributed by atoms with E-state index in [1.54, 1.807) is 15.9 Å². The number of carboxylic acid groups (broad SMARTS) is 2. The van der Waals surface area contributed by atoms with E-state index in [-0.39, 0.29) is 37.8 Å². The Bertz CT molecular complexity index is 728. The summed E-state index contributed by atoms with van der Waals surface area (Å²) in [5.74, 6) is -2.63. The van der Waals surface area contributed by atoms with Crippen LogP contribution in [0.1, 0.15) is 24.8 Å². The van der Waals surface area contributed by atoms with Crippen LogP contribution in [0.25, 0.3) is 0 Å². The Kier molecular flexibility index (Phi) is 4.36. The number of piperidine rings is 1. The molecule has 3 rings (SSSR count). The number of carboxylic acids is 2. The van der Waals surface area contributed by atoms with Crippen LogP contribution in [-0.4, -0.2) is 52.7 Å². The molecule has 0 unspecified atom stereocenters. The molecule has 0 aromatic heterocycles. The number of benzene rings is 1. The normalized spacial score (nSPS) is 18.8. The van der Waals surface area contributed by atoms with Gasteiger partial charge in [0.25, 0.3) is 0 Å². The molecule has 1 aromatic carbocycles. The third kappa shape index (κ3) is 3.16. The van der Waals surface area contributed by atoms with Crippen molar-refractivity contribution >= 4 is 23.7 Å². The second-order valence-electron chi connectivity index (χ2n) is 6.60. The molecule has 25 heavy (non-hydrogen) atoms. The van der Waals surface area contributed by atoms with Crippen LogP contribution < -0.4 is 4.90 Å². The molecule has 8 heteroatoms. The van der Waals surface area contributed by atoms with Crippen LogP contribution in [-0.2, 0) is 16.0 Å². The molecule has 2 heterocycles. The first kappa shape index (κ1) is 17.2. The fourth-order valence-corrected chi connectivity index (χ4v) is 3.62. The fraction of sp³-hybridized carbons (Fsp3) is 0.471. The lowest BCUT2D eigenvalue weighted by atomic mass is 9.76. The highest BCUT2D eigenvalue weighted by molar-refractivity contribution is 5.94. The molecule has 2 N–H and O–H groups in total. The lowest BCUT2D eigenvalue weighted by molar-refractivity contribution is -0.158. The van der Waals surface area contributed by atoms with Gasteiger partial charge in [-0.3, -0.25) is 14.5 Å². The predicted molar refractivity (Wildman–Crippen MR) is 86.0 cm³/mol. The summed E-state index contributed by atoms with van der Waals surface area (Å²) in [6.07, 6.45) is 0.329. The first-order valence-corrected chi connectivity index (χ1v) is 8.12. The number of hydrogen-bond donors (Lipinski definition) is 2. The highest BCUT2D eigenvalue weighted by Gasteiger charge is 2.45. The Balaban J connectivity index is 1.71. The zero-order valence-corrected chi connectivity index (χ0v) is 13.6. The van der Waals surface area contributed by atoms with Gasteiger partial charge in [0.05, 0.1) is 11.8 Å². The molecule has 0 atom stereocenters. The SMILES string of the molecule is O=C(O)CC1(C(=O)O)CCN(C(=O)N2CCc3cc(F)ccc32)CC1. The third-order valence-corrected chi connectivity index (χ3v) is 5.10. The van der Waals surface area contributed by atoms with Crippen molar-refractivity contribution in [2.24, 2.45) is 5.41 Å². The van der Waals surface area contributed by atoms with Crippen molar-refractivity contribution in [2.75, 3.05) is 24.5 Å². The number of carbonyl (C=O) groups excluding carboxylic acids is 1. The van der Waals surface area contributed by atoms with Crippen LogP contribution in [0.3, 0.4) is 0 Å². The van der Waals surface area contributed by atoms with Crippen LogP contribution in [0.2, 0.25) is 0 Å². The fourth-order valence-electron chi connectivity index (χ4n) is 3.62.